The molecular formula is C15H17ClN8. The molecule has 0 aliphatic rings. The maximum absolute atomic E-state index is 6.22. The molecule has 4 rings (SSSR count). The van der Waals surface area contributed by atoms with Crippen LogP contribution in [-0.2, 0) is 13.6 Å². The molecule has 0 N–H and O–H groups in total. The van der Waals surface area contributed by atoms with Crippen LogP contribution in [0.2, 0.25) is 5.02 Å². The minimum atomic E-state index is 0.0886. The Hall–Kier alpha value is -2.48. The number of nitrogens with zero attached hydrogens (tertiary/aromatic N) is 8. The summed E-state index contributed by atoms with van der Waals surface area (Å²) in [5, 5.41) is 14.9. The summed E-state index contributed by atoms with van der Waals surface area (Å²) in [5.74, 6) is 0.836. The standard InChI is InChI=1S/C15H17ClN8/c1-8(6-23-10(3)12(16)9(2)20-23)13-19-15-11-5-18-22(4)14(11)17-7-24(15)21-13/h5,7-8H,6H2,1-4H3. The van der Waals surface area contributed by atoms with E-state index in [4.69, 9.17) is 16.6 Å². The van der Waals surface area contributed by atoms with Crippen LogP contribution < -0.4 is 0 Å². The lowest BCUT2D eigenvalue weighted by Gasteiger charge is -2.09. The second-order valence-corrected chi connectivity index (χ2v) is 6.43. The molecule has 1 unspecified atom stereocenters. The van der Waals surface area contributed by atoms with Gasteiger partial charge in [-0.2, -0.15) is 10.2 Å². The molecule has 0 amide bonds. The highest BCUT2D eigenvalue weighted by Crippen LogP contribution is 2.23. The predicted molar refractivity (Wildman–Crippen MR) is 90.2 cm³/mol. The van der Waals surface area contributed by atoms with Crippen molar-refractivity contribution in [1.82, 2.24) is 39.1 Å². The van der Waals surface area contributed by atoms with E-state index in [-0.39, 0.29) is 5.92 Å². The van der Waals surface area contributed by atoms with Crippen LogP contribution in [-0.4, -0.2) is 39.1 Å². The molecule has 9 heteroatoms. The fourth-order valence-corrected chi connectivity index (χ4v) is 2.99. The van der Waals surface area contributed by atoms with E-state index >= 15 is 0 Å². The van der Waals surface area contributed by atoms with Gasteiger partial charge in [-0.25, -0.2) is 14.5 Å². The average molecular weight is 345 g/mol. The first-order chi connectivity index (χ1) is 11.5. The molecule has 0 aromatic carbocycles. The Balaban J connectivity index is 1.73. The number of aryl methyl sites for hydroxylation is 2. The molecule has 4 aromatic rings. The SMILES string of the molecule is Cc1nn(CC(C)c2nc3c4cnn(C)c4ncn3n2)c(C)c1Cl. The number of hydrogen-bond donors (Lipinski definition) is 0. The number of hydrogen-bond acceptors (Lipinski definition) is 5. The first-order valence-corrected chi connectivity index (χ1v) is 8.06. The third-order valence-corrected chi connectivity index (χ3v) is 4.81. The van der Waals surface area contributed by atoms with Crippen LogP contribution in [0.5, 0.6) is 0 Å². The van der Waals surface area contributed by atoms with E-state index in [1.54, 1.807) is 21.7 Å². The zero-order valence-electron chi connectivity index (χ0n) is 13.9. The van der Waals surface area contributed by atoms with Crippen LogP contribution in [0.15, 0.2) is 12.5 Å². The van der Waals surface area contributed by atoms with E-state index in [1.165, 1.54) is 0 Å². The topological polar surface area (TPSA) is 78.7 Å². The van der Waals surface area contributed by atoms with Gasteiger partial charge >= 0.3 is 0 Å². The molecule has 124 valence electrons. The maximum atomic E-state index is 6.22. The van der Waals surface area contributed by atoms with Crippen molar-refractivity contribution in [2.45, 2.75) is 33.2 Å². The van der Waals surface area contributed by atoms with Gasteiger partial charge in [0.25, 0.3) is 0 Å². The molecule has 0 saturated heterocycles. The second kappa shape index (κ2) is 5.27. The third-order valence-electron chi connectivity index (χ3n) is 4.27. The number of rotatable bonds is 3. The monoisotopic (exact) mass is 344 g/mol. The maximum Gasteiger partial charge on any atom is 0.170 e. The van der Waals surface area contributed by atoms with Crippen molar-refractivity contribution in [2.75, 3.05) is 0 Å². The van der Waals surface area contributed by atoms with Crippen molar-refractivity contribution in [3.63, 3.8) is 0 Å². The fraction of sp³-hybridized carbons (Fsp3) is 0.400. The predicted octanol–water partition coefficient (Wildman–Crippen LogP) is 2.28. The highest BCUT2D eigenvalue weighted by Gasteiger charge is 2.18. The Bertz CT molecular complexity index is 1060. The zero-order valence-corrected chi connectivity index (χ0v) is 14.7. The van der Waals surface area contributed by atoms with Crippen molar-refractivity contribution >= 4 is 28.3 Å². The Morgan fingerprint density at radius 3 is 2.71 bits per heavy atom. The van der Waals surface area contributed by atoms with E-state index in [2.05, 4.69) is 27.2 Å². The summed E-state index contributed by atoms with van der Waals surface area (Å²) in [6.07, 6.45) is 3.43. The van der Waals surface area contributed by atoms with Gasteiger partial charge in [-0.1, -0.05) is 18.5 Å². The number of fused-ring (bicyclic) bond motifs is 3. The molecule has 0 fully saturated rings. The van der Waals surface area contributed by atoms with Gasteiger partial charge in [0.1, 0.15) is 6.33 Å². The summed E-state index contributed by atoms with van der Waals surface area (Å²) in [5.41, 5.74) is 3.35. The van der Waals surface area contributed by atoms with Crippen LogP contribution in [0.25, 0.3) is 16.7 Å². The normalized spacial score (nSPS) is 13.2. The molecule has 4 aromatic heterocycles. The average Bonchev–Trinajstić information content (AvgIpc) is 3.21. The van der Waals surface area contributed by atoms with Crippen LogP contribution in [0, 0.1) is 13.8 Å². The van der Waals surface area contributed by atoms with Gasteiger partial charge in [0.2, 0.25) is 0 Å². The van der Waals surface area contributed by atoms with Crippen molar-refractivity contribution < 1.29 is 0 Å². The molecule has 24 heavy (non-hydrogen) atoms. The van der Waals surface area contributed by atoms with Crippen LogP contribution in [0.1, 0.15) is 30.1 Å². The Morgan fingerprint density at radius 1 is 1.21 bits per heavy atom. The summed E-state index contributed by atoms with van der Waals surface area (Å²) in [7, 11) is 1.86. The Morgan fingerprint density at radius 2 is 2.00 bits per heavy atom. The van der Waals surface area contributed by atoms with Gasteiger partial charge in [0.05, 0.1) is 34.5 Å². The number of halogens is 1. The highest BCUT2D eigenvalue weighted by molar-refractivity contribution is 6.31. The van der Waals surface area contributed by atoms with Gasteiger partial charge in [0.15, 0.2) is 17.1 Å². The van der Waals surface area contributed by atoms with Gasteiger partial charge in [0, 0.05) is 13.0 Å². The zero-order chi connectivity index (χ0) is 17.0. The lowest BCUT2D eigenvalue weighted by molar-refractivity contribution is 0.512. The molecule has 8 nitrogen and oxygen atoms in total. The van der Waals surface area contributed by atoms with Gasteiger partial charge in [-0.15, -0.1) is 5.10 Å². The summed E-state index contributed by atoms with van der Waals surface area (Å²) in [4.78, 5) is 9.07. The van der Waals surface area contributed by atoms with Crippen LogP contribution in [0.3, 0.4) is 0 Å². The summed E-state index contributed by atoms with van der Waals surface area (Å²) < 4.78 is 5.33. The molecule has 0 aliphatic heterocycles. The molecule has 0 radical (unpaired) electrons. The largest absolute Gasteiger partial charge is 0.267 e. The molecule has 1 atom stereocenters. The first kappa shape index (κ1) is 15.1. The summed E-state index contributed by atoms with van der Waals surface area (Å²) in [6.45, 7) is 6.62. The molecule has 0 spiro atoms. The Kier molecular flexibility index (Phi) is 3.31. The molecular weight excluding hydrogens is 328 g/mol. The van der Waals surface area contributed by atoms with E-state index in [1.807, 2.05) is 25.6 Å². The van der Waals surface area contributed by atoms with E-state index in [9.17, 15) is 0 Å². The van der Waals surface area contributed by atoms with E-state index in [0.717, 1.165) is 33.9 Å². The van der Waals surface area contributed by atoms with E-state index in [0.29, 0.717) is 11.6 Å². The summed E-state index contributed by atoms with van der Waals surface area (Å²) >= 11 is 6.22. The second-order valence-electron chi connectivity index (χ2n) is 6.06. The minimum Gasteiger partial charge on any atom is -0.267 e. The van der Waals surface area contributed by atoms with Crippen molar-refractivity contribution in [2.24, 2.45) is 7.05 Å². The third kappa shape index (κ3) is 2.17. The first-order valence-electron chi connectivity index (χ1n) is 7.68. The van der Waals surface area contributed by atoms with Gasteiger partial charge in [-0.3, -0.25) is 9.36 Å². The number of aromatic nitrogens is 8. The highest BCUT2D eigenvalue weighted by atomic mass is 35.5. The van der Waals surface area contributed by atoms with Crippen LogP contribution in [0.4, 0.5) is 0 Å². The Labute approximate surface area is 143 Å². The quantitative estimate of drug-likeness (QED) is 0.569. The van der Waals surface area contributed by atoms with Crippen LogP contribution >= 0.6 is 11.6 Å². The smallest absolute Gasteiger partial charge is 0.170 e. The molecule has 4 heterocycles. The van der Waals surface area contributed by atoms with E-state index < -0.39 is 0 Å². The molecule has 0 aliphatic carbocycles. The lowest BCUT2D eigenvalue weighted by atomic mass is 10.1. The van der Waals surface area contributed by atoms with Crippen molar-refractivity contribution in [1.29, 1.82) is 0 Å². The molecule has 0 saturated carbocycles. The minimum absolute atomic E-state index is 0.0886. The van der Waals surface area contributed by atoms with Crippen molar-refractivity contribution in [3.8, 4) is 0 Å². The summed E-state index contributed by atoms with van der Waals surface area (Å²) in [6, 6.07) is 0. The molecule has 0 bridgehead atoms. The van der Waals surface area contributed by atoms with Gasteiger partial charge < -0.3 is 0 Å². The van der Waals surface area contributed by atoms with Gasteiger partial charge in [-0.05, 0) is 13.8 Å². The lowest BCUT2D eigenvalue weighted by Crippen LogP contribution is -2.10. The van der Waals surface area contributed by atoms with Crippen molar-refractivity contribution in [3.05, 3.63) is 34.8 Å². The fourth-order valence-electron chi connectivity index (χ4n) is 2.86.